The lowest BCUT2D eigenvalue weighted by Gasteiger charge is -2.18. The largest absolute Gasteiger partial charge is 0.306 e. The number of hydrogen-bond acceptors (Lipinski definition) is 2. The lowest BCUT2D eigenvalue weighted by atomic mass is 10.0. The molecule has 1 nitrogen and oxygen atoms in total. The van der Waals surface area contributed by atoms with Crippen LogP contribution in [-0.2, 0) is 0 Å². The quantitative estimate of drug-likeness (QED) is 0.763. The number of rotatable bonds is 4. The SMILES string of the molecule is CCNC(c1cc(C)cc(C)c1)c1cc(Br)c(Cl)s1. The normalized spacial score (nSPS) is 12.7. The summed E-state index contributed by atoms with van der Waals surface area (Å²) in [6.45, 7) is 7.32. The van der Waals surface area contributed by atoms with Crippen LogP contribution in [0.2, 0.25) is 4.34 Å². The highest BCUT2D eigenvalue weighted by Gasteiger charge is 2.17. The van der Waals surface area contributed by atoms with Crippen LogP contribution in [0, 0.1) is 13.8 Å². The van der Waals surface area contributed by atoms with Gasteiger partial charge in [-0.3, -0.25) is 0 Å². The molecular formula is C15H17BrClNS. The van der Waals surface area contributed by atoms with Crippen LogP contribution in [0.1, 0.15) is 34.5 Å². The average Bonchev–Trinajstić information content (AvgIpc) is 2.65. The van der Waals surface area contributed by atoms with Crippen molar-refractivity contribution < 1.29 is 0 Å². The maximum absolute atomic E-state index is 6.17. The topological polar surface area (TPSA) is 12.0 Å². The summed E-state index contributed by atoms with van der Waals surface area (Å²) in [7, 11) is 0. The number of aryl methyl sites for hydroxylation is 2. The van der Waals surface area contributed by atoms with Gasteiger partial charge in [0.25, 0.3) is 0 Å². The fourth-order valence-corrected chi connectivity index (χ4v) is 4.11. The van der Waals surface area contributed by atoms with Crippen molar-refractivity contribution in [3.05, 3.63) is 54.6 Å². The van der Waals surface area contributed by atoms with Gasteiger partial charge in [0.15, 0.2) is 0 Å². The van der Waals surface area contributed by atoms with Gasteiger partial charge < -0.3 is 5.32 Å². The van der Waals surface area contributed by atoms with E-state index in [0.717, 1.165) is 15.4 Å². The Morgan fingerprint density at radius 1 is 1.21 bits per heavy atom. The Labute approximate surface area is 132 Å². The molecule has 102 valence electrons. The van der Waals surface area contributed by atoms with Gasteiger partial charge in [-0.2, -0.15) is 0 Å². The zero-order valence-corrected chi connectivity index (χ0v) is 14.4. The van der Waals surface area contributed by atoms with E-state index in [9.17, 15) is 0 Å². The van der Waals surface area contributed by atoms with E-state index in [1.54, 1.807) is 11.3 Å². The number of halogens is 2. The summed E-state index contributed by atoms with van der Waals surface area (Å²) in [4.78, 5) is 1.24. The predicted molar refractivity (Wildman–Crippen MR) is 88.5 cm³/mol. The van der Waals surface area contributed by atoms with Crippen molar-refractivity contribution in [1.82, 2.24) is 5.32 Å². The molecule has 0 radical (unpaired) electrons. The second kappa shape index (κ2) is 6.40. The molecule has 4 heteroatoms. The highest BCUT2D eigenvalue weighted by molar-refractivity contribution is 9.10. The molecule has 1 unspecified atom stereocenters. The molecule has 0 aliphatic rings. The molecule has 0 saturated heterocycles. The first-order valence-electron chi connectivity index (χ1n) is 6.27. The number of hydrogen-bond donors (Lipinski definition) is 1. The minimum atomic E-state index is 0.206. The van der Waals surface area contributed by atoms with Crippen LogP contribution in [0.25, 0.3) is 0 Å². The fourth-order valence-electron chi connectivity index (χ4n) is 2.27. The summed E-state index contributed by atoms with van der Waals surface area (Å²) >= 11 is 11.3. The van der Waals surface area contributed by atoms with E-state index in [0.29, 0.717) is 0 Å². The molecule has 19 heavy (non-hydrogen) atoms. The van der Waals surface area contributed by atoms with Crippen molar-refractivity contribution >= 4 is 38.9 Å². The number of thiophene rings is 1. The Kier molecular flexibility index (Phi) is 5.07. The van der Waals surface area contributed by atoms with Crippen molar-refractivity contribution in [3.63, 3.8) is 0 Å². The molecular weight excluding hydrogens is 342 g/mol. The molecule has 0 fully saturated rings. The zero-order chi connectivity index (χ0) is 14.0. The molecule has 2 aromatic rings. The molecule has 1 aromatic heterocycles. The van der Waals surface area contributed by atoms with Crippen molar-refractivity contribution in [1.29, 1.82) is 0 Å². The van der Waals surface area contributed by atoms with Crippen LogP contribution < -0.4 is 5.32 Å². The summed E-state index contributed by atoms with van der Waals surface area (Å²) in [6, 6.07) is 8.99. The number of benzene rings is 1. The van der Waals surface area contributed by atoms with Gasteiger partial charge in [0.05, 0.1) is 6.04 Å². The molecule has 1 heterocycles. The van der Waals surface area contributed by atoms with Crippen LogP contribution >= 0.6 is 38.9 Å². The van der Waals surface area contributed by atoms with Crippen LogP contribution in [0.15, 0.2) is 28.7 Å². The van der Waals surface area contributed by atoms with Crippen LogP contribution in [0.4, 0.5) is 0 Å². The molecule has 1 N–H and O–H groups in total. The summed E-state index contributed by atoms with van der Waals surface area (Å²) in [5.74, 6) is 0. The Bertz CT molecular complexity index is 540. The minimum absolute atomic E-state index is 0.206. The van der Waals surface area contributed by atoms with Crippen LogP contribution in [0.3, 0.4) is 0 Å². The third-order valence-corrected chi connectivity index (χ3v) is 5.47. The van der Waals surface area contributed by atoms with Crippen molar-refractivity contribution in [2.75, 3.05) is 6.54 Å². The fraction of sp³-hybridized carbons (Fsp3) is 0.333. The smallest absolute Gasteiger partial charge is 0.107 e. The second-order valence-corrected chi connectivity index (χ2v) is 7.22. The Balaban J connectivity index is 2.44. The summed E-state index contributed by atoms with van der Waals surface area (Å²) in [5.41, 5.74) is 3.88. The third kappa shape index (κ3) is 3.60. The monoisotopic (exact) mass is 357 g/mol. The molecule has 0 bridgehead atoms. The van der Waals surface area contributed by atoms with E-state index in [4.69, 9.17) is 11.6 Å². The Morgan fingerprint density at radius 3 is 2.32 bits per heavy atom. The molecule has 1 atom stereocenters. The lowest BCUT2D eigenvalue weighted by Crippen LogP contribution is -2.21. The molecule has 0 saturated carbocycles. The van der Waals surface area contributed by atoms with Gasteiger partial charge in [-0.15, -0.1) is 11.3 Å². The standard InChI is InChI=1S/C15H17BrClNS/c1-4-18-14(13-8-12(16)15(17)19-13)11-6-9(2)5-10(3)7-11/h5-8,14,18H,4H2,1-3H3. The molecule has 1 aromatic carbocycles. The summed E-state index contributed by atoms with van der Waals surface area (Å²) in [6.07, 6.45) is 0. The molecule has 0 spiro atoms. The summed E-state index contributed by atoms with van der Waals surface area (Å²) < 4.78 is 1.78. The highest BCUT2D eigenvalue weighted by Crippen LogP contribution is 2.37. The first-order valence-corrected chi connectivity index (χ1v) is 8.26. The maximum Gasteiger partial charge on any atom is 0.107 e. The maximum atomic E-state index is 6.17. The molecule has 0 amide bonds. The van der Waals surface area contributed by atoms with E-state index in [2.05, 4.69) is 66.3 Å². The molecule has 0 aliphatic heterocycles. The van der Waals surface area contributed by atoms with Crippen molar-refractivity contribution in [3.8, 4) is 0 Å². The van der Waals surface area contributed by atoms with E-state index >= 15 is 0 Å². The van der Waals surface area contributed by atoms with E-state index in [1.807, 2.05) is 0 Å². The van der Waals surface area contributed by atoms with Crippen molar-refractivity contribution in [2.45, 2.75) is 26.8 Å². The van der Waals surface area contributed by atoms with Gasteiger partial charge in [0, 0.05) is 9.35 Å². The van der Waals surface area contributed by atoms with Gasteiger partial charge in [-0.05, 0) is 48.0 Å². The van der Waals surface area contributed by atoms with Gasteiger partial charge >= 0.3 is 0 Å². The van der Waals surface area contributed by atoms with E-state index in [1.165, 1.54) is 21.6 Å². The van der Waals surface area contributed by atoms with Gasteiger partial charge in [-0.25, -0.2) is 0 Å². The molecule has 2 rings (SSSR count). The second-order valence-electron chi connectivity index (χ2n) is 4.68. The summed E-state index contributed by atoms with van der Waals surface area (Å²) in [5, 5.41) is 3.54. The minimum Gasteiger partial charge on any atom is -0.306 e. The zero-order valence-electron chi connectivity index (χ0n) is 11.3. The van der Waals surface area contributed by atoms with Crippen LogP contribution in [-0.4, -0.2) is 6.54 Å². The van der Waals surface area contributed by atoms with E-state index in [-0.39, 0.29) is 6.04 Å². The molecule has 0 aliphatic carbocycles. The predicted octanol–water partition coefficient (Wildman–Crippen LogP) is 5.48. The highest BCUT2D eigenvalue weighted by atomic mass is 79.9. The van der Waals surface area contributed by atoms with Gasteiger partial charge in [0.2, 0.25) is 0 Å². The first kappa shape index (κ1) is 15.0. The third-order valence-electron chi connectivity index (χ3n) is 2.93. The lowest BCUT2D eigenvalue weighted by molar-refractivity contribution is 0.639. The Hall–Kier alpha value is -0.350. The van der Waals surface area contributed by atoms with Crippen LogP contribution in [0.5, 0.6) is 0 Å². The average molecular weight is 359 g/mol. The van der Waals surface area contributed by atoms with Gasteiger partial charge in [-0.1, -0.05) is 47.9 Å². The van der Waals surface area contributed by atoms with E-state index < -0.39 is 0 Å². The van der Waals surface area contributed by atoms with Crippen molar-refractivity contribution in [2.24, 2.45) is 0 Å². The Morgan fingerprint density at radius 2 is 1.84 bits per heavy atom. The first-order chi connectivity index (χ1) is 9.01. The number of nitrogens with one attached hydrogen (secondary N) is 1. The van der Waals surface area contributed by atoms with Gasteiger partial charge in [0.1, 0.15) is 4.34 Å².